The molecule has 0 saturated carbocycles. The predicted molar refractivity (Wildman–Crippen MR) is 86.6 cm³/mol. The largest absolute Gasteiger partial charge is 0.494 e. The molecule has 23 heavy (non-hydrogen) atoms. The number of benzene rings is 1. The van der Waals surface area contributed by atoms with Gasteiger partial charge in [-0.2, -0.15) is 0 Å². The molecule has 1 unspecified atom stereocenters. The molecule has 3 amide bonds. The molecule has 1 atom stereocenters. The Kier molecular flexibility index (Phi) is 6.00. The molecule has 1 fully saturated rings. The van der Waals surface area contributed by atoms with Gasteiger partial charge in [0.2, 0.25) is 11.8 Å². The number of carbonyl (C=O) groups excluding carboxylic acids is 3. The van der Waals surface area contributed by atoms with Crippen LogP contribution in [-0.2, 0) is 9.59 Å². The molecule has 1 saturated heterocycles. The molecule has 0 aromatic heterocycles. The molecule has 1 heterocycles. The van der Waals surface area contributed by atoms with Crippen LogP contribution < -0.4 is 15.0 Å². The van der Waals surface area contributed by atoms with E-state index in [-0.39, 0.29) is 25.5 Å². The third kappa shape index (κ3) is 4.23. The monoisotopic (exact) mass is 338 g/mol. The molecule has 1 aromatic carbocycles. The first-order chi connectivity index (χ1) is 11.1. The van der Waals surface area contributed by atoms with Crippen LogP contribution in [0.4, 0.5) is 10.5 Å². The van der Waals surface area contributed by atoms with E-state index >= 15 is 0 Å². The Bertz CT molecular complexity index is 590. The summed E-state index contributed by atoms with van der Waals surface area (Å²) in [5.74, 6) is -0.127. The maximum Gasteiger partial charge on any atom is 0.293 e. The van der Waals surface area contributed by atoms with E-state index in [4.69, 9.17) is 9.84 Å². The molecule has 124 valence electrons. The van der Waals surface area contributed by atoms with Crippen molar-refractivity contribution in [3.63, 3.8) is 0 Å². The zero-order valence-corrected chi connectivity index (χ0v) is 13.5. The Morgan fingerprint density at radius 2 is 2.04 bits per heavy atom. The van der Waals surface area contributed by atoms with E-state index in [1.807, 2.05) is 6.92 Å². The van der Waals surface area contributed by atoms with Crippen LogP contribution in [0.3, 0.4) is 0 Å². The third-order valence-electron chi connectivity index (χ3n) is 3.13. The average molecular weight is 338 g/mol. The highest BCUT2D eigenvalue weighted by atomic mass is 32.2. The van der Waals surface area contributed by atoms with Crippen LogP contribution in [0.25, 0.3) is 0 Å². The lowest BCUT2D eigenvalue weighted by atomic mass is 10.2. The minimum absolute atomic E-state index is 0.0945. The van der Waals surface area contributed by atoms with Crippen molar-refractivity contribution in [2.45, 2.75) is 18.6 Å². The van der Waals surface area contributed by atoms with Gasteiger partial charge in [-0.1, -0.05) is 0 Å². The molecule has 2 N–H and O–H groups in total. The predicted octanol–water partition coefficient (Wildman–Crippen LogP) is 1.15. The zero-order valence-electron chi connectivity index (χ0n) is 12.7. The van der Waals surface area contributed by atoms with Crippen molar-refractivity contribution in [3.8, 4) is 5.75 Å². The standard InChI is InChI=1S/C15H18N2O5S/c1-2-22-11-5-3-10(4-6-11)17-14(20)12(23-15(17)21)9-13(19)16-7-8-18/h3-6,12,18H,2,7-9H2,1H3,(H,16,19). The molecular formula is C15H18N2O5S. The average Bonchev–Trinajstić information content (AvgIpc) is 2.81. The molecule has 1 aromatic rings. The highest BCUT2D eigenvalue weighted by Crippen LogP contribution is 2.34. The van der Waals surface area contributed by atoms with Gasteiger partial charge in [0, 0.05) is 13.0 Å². The summed E-state index contributed by atoms with van der Waals surface area (Å²) in [7, 11) is 0. The van der Waals surface area contributed by atoms with Gasteiger partial charge in [0.05, 0.1) is 18.9 Å². The van der Waals surface area contributed by atoms with Crippen LogP contribution in [0.2, 0.25) is 0 Å². The summed E-state index contributed by atoms with van der Waals surface area (Å²) in [5, 5.41) is 9.99. The molecule has 0 radical (unpaired) electrons. The van der Waals surface area contributed by atoms with Gasteiger partial charge in [0.15, 0.2) is 0 Å². The fraction of sp³-hybridized carbons (Fsp3) is 0.400. The van der Waals surface area contributed by atoms with E-state index in [0.29, 0.717) is 18.0 Å². The van der Waals surface area contributed by atoms with Gasteiger partial charge in [-0.15, -0.1) is 0 Å². The molecule has 0 spiro atoms. The second-order valence-corrected chi connectivity index (χ2v) is 5.90. The van der Waals surface area contributed by atoms with Gasteiger partial charge < -0.3 is 15.2 Å². The Morgan fingerprint density at radius 3 is 2.65 bits per heavy atom. The van der Waals surface area contributed by atoms with Crippen molar-refractivity contribution in [2.24, 2.45) is 0 Å². The van der Waals surface area contributed by atoms with Gasteiger partial charge >= 0.3 is 0 Å². The second kappa shape index (κ2) is 7.98. The number of nitrogens with zero attached hydrogens (tertiary/aromatic N) is 1. The van der Waals surface area contributed by atoms with Gasteiger partial charge in [-0.3, -0.25) is 14.4 Å². The van der Waals surface area contributed by atoms with Gasteiger partial charge in [-0.05, 0) is 43.0 Å². The van der Waals surface area contributed by atoms with Crippen LogP contribution in [0.1, 0.15) is 13.3 Å². The summed E-state index contributed by atoms with van der Waals surface area (Å²) in [4.78, 5) is 37.1. The van der Waals surface area contributed by atoms with Crippen LogP contribution in [-0.4, -0.2) is 47.2 Å². The normalized spacial score (nSPS) is 17.5. The lowest BCUT2D eigenvalue weighted by molar-refractivity contribution is -0.124. The van der Waals surface area contributed by atoms with Crippen molar-refractivity contribution < 1.29 is 24.2 Å². The maximum atomic E-state index is 12.4. The molecule has 1 aliphatic rings. The van der Waals surface area contributed by atoms with Crippen LogP contribution in [0.5, 0.6) is 5.75 Å². The third-order valence-corrected chi connectivity index (χ3v) is 4.17. The Labute approximate surface area is 138 Å². The number of thioether (sulfide) groups is 1. The number of anilines is 1. The van der Waals surface area contributed by atoms with Crippen LogP contribution >= 0.6 is 11.8 Å². The van der Waals surface area contributed by atoms with Crippen molar-refractivity contribution in [2.75, 3.05) is 24.7 Å². The number of rotatable bonds is 7. The number of hydrogen-bond donors (Lipinski definition) is 2. The van der Waals surface area contributed by atoms with Crippen molar-refractivity contribution in [1.29, 1.82) is 0 Å². The summed E-state index contributed by atoms with van der Waals surface area (Å²) in [5.41, 5.74) is 0.453. The molecule has 0 bridgehead atoms. The van der Waals surface area contributed by atoms with Crippen LogP contribution in [0, 0.1) is 0 Å². The van der Waals surface area contributed by atoms with Gasteiger partial charge in [0.1, 0.15) is 11.0 Å². The number of carbonyl (C=O) groups is 3. The van der Waals surface area contributed by atoms with Crippen molar-refractivity contribution >= 4 is 34.5 Å². The lowest BCUT2D eigenvalue weighted by Crippen LogP contribution is -2.35. The smallest absolute Gasteiger partial charge is 0.293 e. The number of hydrogen-bond acceptors (Lipinski definition) is 6. The summed E-state index contributed by atoms with van der Waals surface area (Å²) >= 11 is 0.836. The molecule has 8 heteroatoms. The fourth-order valence-corrected chi connectivity index (χ4v) is 3.10. The van der Waals surface area contributed by atoms with E-state index in [2.05, 4.69) is 5.32 Å². The Hall–Kier alpha value is -2.06. The quantitative estimate of drug-likeness (QED) is 0.774. The van der Waals surface area contributed by atoms with Crippen molar-refractivity contribution in [1.82, 2.24) is 5.32 Å². The number of amides is 3. The molecule has 0 aliphatic carbocycles. The topological polar surface area (TPSA) is 95.9 Å². The summed E-state index contributed by atoms with van der Waals surface area (Å²) < 4.78 is 5.32. The highest BCUT2D eigenvalue weighted by molar-refractivity contribution is 8.15. The van der Waals surface area contributed by atoms with Gasteiger partial charge in [-0.25, -0.2) is 4.90 Å². The number of aliphatic hydroxyl groups is 1. The summed E-state index contributed by atoms with van der Waals surface area (Å²) in [6.07, 6.45) is -0.0945. The minimum atomic E-state index is -0.743. The van der Waals surface area contributed by atoms with Crippen LogP contribution in [0.15, 0.2) is 24.3 Å². The van der Waals surface area contributed by atoms with E-state index in [1.165, 1.54) is 0 Å². The Balaban J connectivity index is 2.04. The maximum absolute atomic E-state index is 12.4. The number of ether oxygens (including phenoxy) is 1. The number of nitrogens with one attached hydrogen (secondary N) is 1. The lowest BCUT2D eigenvalue weighted by Gasteiger charge is -2.14. The number of aliphatic hydroxyl groups excluding tert-OH is 1. The SMILES string of the molecule is CCOc1ccc(N2C(=O)SC(CC(=O)NCCO)C2=O)cc1. The second-order valence-electron chi connectivity index (χ2n) is 4.75. The first-order valence-corrected chi connectivity index (χ1v) is 8.09. The Morgan fingerprint density at radius 1 is 1.35 bits per heavy atom. The van der Waals surface area contributed by atoms with Gasteiger partial charge in [0.25, 0.3) is 5.24 Å². The van der Waals surface area contributed by atoms with E-state index < -0.39 is 16.4 Å². The molecule has 1 aliphatic heterocycles. The molecular weight excluding hydrogens is 320 g/mol. The van der Waals surface area contributed by atoms with E-state index in [0.717, 1.165) is 16.7 Å². The first-order valence-electron chi connectivity index (χ1n) is 7.21. The molecule has 2 rings (SSSR count). The number of imide groups is 1. The summed E-state index contributed by atoms with van der Waals surface area (Å²) in [6.45, 7) is 2.35. The highest BCUT2D eigenvalue weighted by Gasteiger charge is 2.41. The minimum Gasteiger partial charge on any atom is -0.494 e. The van der Waals surface area contributed by atoms with E-state index in [9.17, 15) is 14.4 Å². The fourth-order valence-electron chi connectivity index (χ4n) is 2.11. The summed E-state index contributed by atoms with van der Waals surface area (Å²) in [6, 6.07) is 6.64. The first kappa shape index (κ1) is 17.3. The van der Waals surface area contributed by atoms with Crippen molar-refractivity contribution in [3.05, 3.63) is 24.3 Å². The molecule has 7 nitrogen and oxygen atoms in total. The zero-order chi connectivity index (χ0) is 16.8. The van der Waals surface area contributed by atoms with E-state index in [1.54, 1.807) is 24.3 Å².